The van der Waals surface area contributed by atoms with Crippen molar-refractivity contribution in [1.82, 2.24) is 0 Å². The lowest BCUT2D eigenvalue weighted by Gasteiger charge is -2.38. The van der Waals surface area contributed by atoms with Crippen molar-refractivity contribution in [3.63, 3.8) is 0 Å². The van der Waals surface area contributed by atoms with Gasteiger partial charge in [0.15, 0.2) is 11.6 Å². The van der Waals surface area contributed by atoms with Crippen LogP contribution in [-0.2, 0) is 4.79 Å². The zero-order valence-electron chi connectivity index (χ0n) is 10.6. The normalized spacial score (nSPS) is 29.9. The number of fused-ring (bicyclic) bond motifs is 2. The second-order valence-corrected chi connectivity index (χ2v) is 5.26. The number of aryl methyl sites for hydroxylation is 1. The van der Waals surface area contributed by atoms with Gasteiger partial charge in [0.1, 0.15) is 5.76 Å². The van der Waals surface area contributed by atoms with Gasteiger partial charge in [0.05, 0.1) is 17.2 Å². The molecular formula is C15H14O3. The molecule has 0 radical (unpaired) electrons. The van der Waals surface area contributed by atoms with Crippen LogP contribution in [0.4, 0.5) is 0 Å². The van der Waals surface area contributed by atoms with Crippen LogP contribution in [0.25, 0.3) is 6.08 Å². The Balaban J connectivity index is 2.33. The standard InChI is InChI=1S/C15H14O3/c1-8-7-18-12-6-10-11(16)5-4-9(2)15(10,3)14(17)13(8)12/h4-7,9H,1-3H3. The van der Waals surface area contributed by atoms with E-state index in [2.05, 4.69) is 0 Å². The SMILES string of the molecule is Cc1coc2c1C(=O)C1(C)C(=C2)C(=O)C=CC1C. The van der Waals surface area contributed by atoms with E-state index in [-0.39, 0.29) is 17.5 Å². The zero-order chi connectivity index (χ0) is 13.1. The van der Waals surface area contributed by atoms with E-state index in [9.17, 15) is 9.59 Å². The second kappa shape index (κ2) is 3.31. The van der Waals surface area contributed by atoms with Gasteiger partial charge in [0.2, 0.25) is 0 Å². The Morgan fingerprint density at radius 2 is 2.06 bits per heavy atom. The van der Waals surface area contributed by atoms with Crippen molar-refractivity contribution >= 4 is 17.6 Å². The average Bonchev–Trinajstić information content (AvgIpc) is 2.70. The molecule has 0 aromatic carbocycles. The molecule has 0 spiro atoms. The molecule has 1 aromatic rings. The summed E-state index contributed by atoms with van der Waals surface area (Å²) < 4.78 is 5.36. The largest absolute Gasteiger partial charge is 0.464 e. The van der Waals surface area contributed by atoms with Gasteiger partial charge in [-0.3, -0.25) is 9.59 Å². The van der Waals surface area contributed by atoms with Crippen LogP contribution in [0.1, 0.15) is 35.5 Å². The number of allylic oxidation sites excluding steroid dienone is 3. The van der Waals surface area contributed by atoms with Crippen molar-refractivity contribution < 1.29 is 14.0 Å². The summed E-state index contributed by atoms with van der Waals surface area (Å²) in [5, 5.41) is 0. The van der Waals surface area contributed by atoms with Crippen LogP contribution in [0.5, 0.6) is 0 Å². The van der Waals surface area contributed by atoms with Gasteiger partial charge in [-0.15, -0.1) is 0 Å². The number of carbonyl (C=O) groups is 2. The lowest BCUT2D eigenvalue weighted by molar-refractivity contribution is -0.112. The third kappa shape index (κ3) is 1.14. The van der Waals surface area contributed by atoms with Crippen LogP contribution < -0.4 is 0 Å². The third-order valence-corrected chi connectivity index (χ3v) is 4.25. The molecule has 3 heteroatoms. The van der Waals surface area contributed by atoms with Crippen LogP contribution in [0.2, 0.25) is 0 Å². The van der Waals surface area contributed by atoms with Crippen LogP contribution in [0, 0.1) is 18.3 Å². The van der Waals surface area contributed by atoms with Gasteiger partial charge in [0.25, 0.3) is 0 Å². The van der Waals surface area contributed by atoms with E-state index in [1.807, 2.05) is 26.8 Å². The number of rotatable bonds is 0. The molecular weight excluding hydrogens is 228 g/mol. The third-order valence-electron chi connectivity index (χ3n) is 4.25. The predicted molar refractivity (Wildman–Crippen MR) is 67.2 cm³/mol. The minimum atomic E-state index is -0.756. The molecule has 0 fully saturated rings. The van der Waals surface area contributed by atoms with Crippen molar-refractivity contribution in [2.45, 2.75) is 20.8 Å². The molecule has 18 heavy (non-hydrogen) atoms. The summed E-state index contributed by atoms with van der Waals surface area (Å²) in [6.45, 7) is 5.67. The molecule has 3 rings (SSSR count). The van der Waals surface area contributed by atoms with Gasteiger partial charge in [-0.2, -0.15) is 0 Å². The summed E-state index contributed by atoms with van der Waals surface area (Å²) in [6, 6.07) is 0. The lowest BCUT2D eigenvalue weighted by Crippen LogP contribution is -2.42. The van der Waals surface area contributed by atoms with Gasteiger partial charge in [-0.1, -0.05) is 13.0 Å². The monoisotopic (exact) mass is 242 g/mol. The van der Waals surface area contributed by atoms with Gasteiger partial charge >= 0.3 is 0 Å². The first-order valence-corrected chi connectivity index (χ1v) is 6.04. The second-order valence-electron chi connectivity index (χ2n) is 5.26. The fourth-order valence-corrected chi connectivity index (χ4v) is 2.82. The molecule has 0 N–H and O–H groups in total. The fourth-order valence-electron chi connectivity index (χ4n) is 2.82. The first kappa shape index (κ1) is 11.2. The highest BCUT2D eigenvalue weighted by Gasteiger charge is 2.49. The van der Waals surface area contributed by atoms with E-state index in [0.717, 1.165) is 5.56 Å². The Labute approximate surface area is 105 Å². The summed E-state index contributed by atoms with van der Waals surface area (Å²) >= 11 is 0. The van der Waals surface area contributed by atoms with Crippen LogP contribution in [0.15, 0.2) is 28.4 Å². The van der Waals surface area contributed by atoms with Gasteiger partial charge in [0, 0.05) is 5.57 Å². The quantitative estimate of drug-likeness (QED) is 0.702. The Morgan fingerprint density at radius 1 is 1.33 bits per heavy atom. The Morgan fingerprint density at radius 3 is 2.78 bits per heavy atom. The first-order chi connectivity index (χ1) is 8.46. The summed E-state index contributed by atoms with van der Waals surface area (Å²) in [5.41, 5.74) is 1.24. The number of ketones is 2. The molecule has 2 atom stereocenters. The minimum absolute atomic E-state index is 0.00792. The molecule has 2 unspecified atom stereocenters. The highest BCUT2D eigenvalue weighted by molar-refractivity contribution is 6.20. The van der Waals surface area contributed by atoms with Crippen LogP contribution >= 0.6 is 0 Å². The van der Waals surface area contributed by atoms with Crippen molar-refractivity contribution in [2.24, 2.45) is 11.3 Å². The molecule has 0 saturated carbocycles. The zero-order valence-corrected chi connectivity index (χ0v) is 10.6. The van der Waals surface area contributed by atoms with Gasteiger partial charge in [-0.25, -0.2) is 0 Å². The molecule has 2 aliphatic rings. The Hall–Kier alpha value is -1.90. The minimum Gasteiger partial charge on any atom is -0.464 e. The molecule has 1 heterocycles. The average molecular weight is 242 g/mol. The highest BCUT2D eigenvalue weighted by Crippen LogP contribution is 2.47. The highest BCUT2D eigenvalue weighted by atomic mass is 16.3. The number of hydrogen-bond donors (Lipinski definition) is 0. The number of hydrogen-bond acceptors (Lipinski definition) is 3. The van der Waals surface area contributed by atoms with E-state index in [4.69, 9.17) is 4.42 Å². The number of furan rings is 1. The van der Waals surface area contributed by atoms with E-state index >= 15 is 0 Å². The van der Waals surface area contributed by atoms with E-state index in [1.165, 1.54) is 0 Å². The molecule has 92 valence electrons. The Bertz CT molecular complexity index is 630. The molecule has 0 amide bonds. The predicted octanol–water partition coefficient (Wildman–Crippen LogP) is 2.95. The number of carbonyl (C=O) groups excluding carboxylic acids is 2. The summed E-state index contributed by atoms with van der Waals surface area (Å²) in [6.07, 6.45) is 6.67. The maximum absolute atomic E-state index is 12.7. The van der Waals surface area contributed by atoms with Crippen molar-refractivity contribution in [3.8, 4) is 0 Å². The lowest BCUT2D eigenvalue weighted by atomic mass is 9.61. The maximum Gasteiger partial charge on any atom is 0.182 e. The molecule has 3 nitrogen and oxygen atoms in total. The van der Waals surface area contributed by atoms with Crippen LogP contribution in [0.3, 0.4) is 0 Å². The van der Waals surface area contributed by atoms with Gasteiger partial charge in [-0.05, 0) is 37.5 Å². The Kier molecular flexibility index (Phi) is 2.06. The summed E-state index contributed by atoms with van der Waals surface area (Å²) in [4.78, 5) is 24.7. The van der Waals surface area contributed by atoms with E-state index < -0.39 is 5.41 Å². The van der Waals surface area contributed by atoms with Crippen molar-refractivity contribution in [2.75, 3.05) is 0 Å². The molecule has 2 aliphatic carbocycles. The van der Waals surface area contributed by atoms with E-state index in [0.29, 0.717) is 16.9 Å². The first-order valence-electron chi connectivity index (χ1n) is 6.04. The summed E-state index contributed by atoms with van der Waals surface area (Å²) in [7, 11) is 0. The topological polar surface area (TPSA) is 47.3 Å². The van der Waals surface area contributed by atoms with Crippen LogP contribution in [-0.4, -0.2) is 11.6 Å². The molecule has 0 bridgehead atoms. The number of Topliss-reactive ketones (excluding diaryl/α,β-unsaturated/α-hetero) is 1. The van der Waals surface area contributed by atoms with E-state index in [1.54, 1.807) is 18.4 Å². The van der Waals surface area contributed by atoms with Gasteiger partial charge < -0.3 is 4.42 Å². The molecule has 1 aromatic heterocycles. The maximum atomic E-state index is 12.7. The molecule has 0 saturated heterocycles. The smallest absolute Gasteiger partial charge is 0.182 e. The summed E-state index contributed by atoms with van der Waals surface area (Å²) in [5.74, 6) is 0.423. The van der Waals surface area contributed by atoms with Crippen molar-refractivity contribution in [3.05, 3.63) is 40.9 Å². The molecule has 0 aliphatic heterocycles. The van der Waals surface area contributed by atoms with Crippen molar-refractivity contribution in [1.29, 1.82) is 0 Å². The fraction of sp³-hybridized carbons (Fsp3) is 0.333.